The van der Waals surface area contributed by atoms with Crippen LogP contribution in [-0.4, -0.2) is 47.6 Å². The van der Waals surface area contributed by atoms with E-state index in [0.29, 0.717) is 13.1 Å². The first-order valence-electron chi connectivity index (χ1n) is 6.05. The Kier molecular flexibility index (Phi) is 4.55. The van der Waals surface area contributed by atoms with Gasteiger partial charge in [0, 0.05) is 24.1 Å². The van der Waals surface area contributed by atoms with Crippen molar-refractivity contribution in [3.8, 4) is 0 Å². The van der Waals surface area contributed by atoms with Crippen LogP contribution in [0.2, 0.25) is 0 Å². The second kappa shape index (κ2) is 6.16. The fraction of sp³-hybridized carbons (Fsp3) is 0.385. The number of carboxylic acid groups (broad SMARTS) is 1. The number of hydrogen-bond acceptors (Lipinski definition) is 3. The van der Waals surface area contributed by atoms with Crippen molar-refractivity contribution in [3.63, 3.8) is 0 Å². The van der Waals surface area contributed by atoms with E-state index in [1.165, 1.54) is 0 Å². The molecule has 0 bridgehead atoms. The van der Waals surface area contributed by atoms with Gasteiger partial charge in [0.25, 0.3) is 0 Å². The molecule has 19 heavy (non-hydrogen) atoms. The highest BCUT2D eigenvalue weighted by atomic mass is 79.9. The third-order valence-corrected chi connectivity index (χ3v) is 3.90. The minimum Gasteiger partial charge on any atom is -0.480 e. The molecule has 1 aromatic rings. The van der Waals surface area contributed by atoms with Gasteiger partial charge in [-0.25, -0.2) is 0 Å². The van der Waals surface area contributed by atoms with Crippen molar-refractivity contribution in [2.24, 2.45) is 0 Å². The van der Waals surface area contributed by atoms with Crippen LogP contribution in [0.1, 0.15) is 5.56 Å². The maximum absolute atomic E-state index is 12.2. The molecule has 1 aromatic carbocycles. The van der Waals surface area contributed by atoms with Crippen LogP contribution >= 0.6 is 15.9 Å². The SMILES string of the molecule is O=C(O)C1CN(C(=O)Cc2ccccc2Br)CCN1. The Balaban J connectivity index is 2.00. The van der Waals surface area contributed by atoms with E-state index in [9.17, 15) is 9.59 Å². The molecule has 1 unspecified atom stereocenters. The largest absolute Gasteiger partial charge is 0.480 e. The van der Waals surface area contributed by atoms with Crippen molar-refractivity contribution in [1.82, 2.24) is 10.2 Å². The molecule has 1 aliphatic rings. The van der Waals surface area contributed by atoms with Crippen LogP contribution < -0.4 is 5.32 Å². The molecule has 102 valence electrons. The van der Waals surface area contributed by atoms with Crippen molar-refractivity contribution in [1.29, 1.82) is 0 Å². The van der Waals surface area contributed by atoms with Crippen LogP contribution in [0, 0.1) is 0 Å². The van der Waals surface area contributed by atoms with Crippen LogP contribution in [-0.2, 0) is 16.0 Å². The molecule has 1 aliphatic heterocycles. The maximum atomic E-state index is 12.2. The van der Waals surface area contributed by atoms with E-state index in [4.69, 9.17) is 5.11 Å². The predicted molar refractivity (Wildman–Crippen MR) is 73.9 cm³/mol. The molecule has 2 rings (SSSR count). The standard InChI is InChI=1S/C13H15BrN2O3/c14-10-4-2-1-3-9(10)7-12(17)16-6-5-15-11(8-16)13(18)19/h1-4,11,15H,5-8H2,(H,18,19). The van der Waals surface area contributed by atoms with E-state index in [0.717, 1.165) is 10.0 Å². The summed E-state index contributed by atoms with van der Waals surface area (Å²) in [7, 11) is 0. The molecule has 0 spiro atoms. The summed E-state index contributed by atoms with van der Waals surface area (Å²) in [5.41, 5.74) is 0.915. The topological polar surface area (TPSA) is 69.6 Å². The molecular formula is C13H15BrN2O3. The molecule has 0 radical (unpaired) electrons. The van der Waals surface area contributed by atoms with E-state index in [-0.39, 0.29) is 18.9 Å². The first-order chi connectivity index (χ1) is 9.08. The number of nitrogens with one attached hydrogen (secondary N) is 1. The third kappa shape index (κ3) is 3.54. The molecule has 2 N–H and O–H groups in total. The van der Waals surface area contributed by atoms with Crippen LogP contribution in [0.25, 0.3) is 0 Å². The van der Waals surface area contributed by atoms with Gasteiger partial charge < -0.3 is 15.3 Å². The van der Waals surface area contributed by atoms with Gasteiger partial charge in [-0.2, -0.15) is 0 Å². The minimum atomic E-state index is -0.918. The zero-order valence-corrected chi connectivity index (χ0v) is 11.9. The van der Waals surface area contributed by atoms with Crippen molar-refractivity contribution in [3.05, 3.63) is 34.3 Å². The van der Waals surface area contributed by atoms with Crippen LogP contribution in [0.15, 0.2) is 28.7 Å². The average molecular weight is 327 g/mol. The molecule has 0 aliphatic carbocycles. The molecule has 1 heterocycles. The quantitative estimate of drug-likeness (QED) is 0.865. The first-order valence-corrected chi connectivity index (χ1v) is 6.84. The zero-order chi connectivity index (χ0) is 13.8. The summed E-state index contributed by atoms with van der Waals surface area (Å²) in [6.45, 7) is 1.28. The lowest BCUT2D eigenvalue weighted by Crippen LogP contribution is -2.56. The molecule has 1 fully saturated rings. The number of piperazine rings is 1. The van der Waals surface area contributed by atoms with Gasteiger partial charge >= 0.3 is 5.97 Å². The Labute approximate surface area is 119 Å². The second-order valence-corrected chi connectivity index (χ2v) is 5.31. The molecule has 1 amide bonds. The number of benzene rings is 1. The van der Waals surface area contributed by atoms with Crippen molar-refractivity contribution in [2.45, 2.75) is 12.5 Å². The maximum Gasteiger partial charge on any atom is 0.322 e. The Morgan fingerprint density at radius 1 is 1.42 bits per heavy atom. The fourth-order valence-corrected chi connectivity index (χ4v) is 2.48. The van der Waals surface area contributed by atoms with Gasteiger partial charge in [-0.3, -0.25) is 9.59 Å². The minimum absolute atomic E-state index is 0.0420. The van der Waals surface area contributed by atoms with Crippen LogP contribution in [0.5, 0.6) is 0 Å². The summed E-state index contributed by atoms with van der Waals surface area (Å²) < 4.78 is 0.897. The third-order valence-electron chi connectivity index (χ3n) is 3.13. The summed E-state index contributed by atoms with van der Waals surface area (Å²) in [6.07, 6.45) is 0.285. The second-order valence-electron chi connectivity index (χ2n) is 4.45. The highest BCUT2D eigenvalue weighted by Gasteiger charge is 2.27. The van der Waals surface area contributed by atoms with Crippen LogP contribution in [0.4, 0.5) is 0 Å². The predicted octanol–water partition coefficient (Wildman–Crippen LogP) is 0.877. The van der Waals surface area contributed by atoms with Gasteiger partial charge in [-0.15, -0.1) is 0 Å². The molecule has 1 saturated heterocycles. The van der Waals surface area contributed by atoms with E-state index < -0.39 is 12.0 Å². The first kappa shape index (κ1) is 14.0. The molecular weight excluding hydrogens is 312 g/mol. The van der Waals surface area contributed by atoms with Gasteiger partial charge in [-0.1, -0.05) is 34.1 Å². The Bertz CT molecular complexity index is 493. The summed E-state index contributed by atoms with van der Waals surface area (Å²) in [5.74, 6) is -0.960. The van der Waals surface area contributed by atoms with E-state index in [2.05, 4.69) is 21.2 Å². The lowest BCUT2D eigenvalue weighted by Gasteiger charge is -2.31. The number of nitrogens with zero attached hydrogens (tertiary/aromatic N) is 1. The van der Waals surface area contributed by atoms with Crippen molar-refractivity contribution in [2.75, 3.05) is 19.6 Å². The van der Waals surface area contributed by atoms with Gasteiger partial charge in [0.2, 0.25) is 5.91 Å². The normalized spacial score (nSPS) is 19.2. The number of aliphatic carboxylic acids is 1. The summed E-state index contributed by atoms with van der Waals surface area (Å²) >= 11 is 3.41. The lowest BCUT2D eigenvalue weighted by molar-refractivity contribution is -0.142. The molecule has 6 heteroatoms. The number of rotatable bonds is 3. The smallest absolute Gasteiger partial charge is 0.322 e. The fourth-order valence-electron chi connectivity index (χ4n) is 2.06. The Morgan fingerprint density at radius 3 is 2.84 bits per heavy atom. The van der Waals surface area contributed by atoms with Gasteiger partial charge in [-0.05, 0) is 11.6 Å². The number of carbonyl (C=O) groups excluding carboxylic acids is 1. The molecule has 1 atom stereocenters. The van der Waals surface area contributed by atoms with E-state index in [1.54, 1.807) is 4.90 Å². The number of carbonyl (C=O) groups is 2. The average Bonchev–Trinajstić information content (AvgIpc) is 2.41. The van der Waals surface area contributed by atoms with Crippen molar-refractivity contribution < 1.29 is 14.7 Å². The number of amides is 1. The summed E-state index contributed by atoms with van der Waals surface area (Å²) in [4.78, 5) is 24.7. The Hall–Kier alpha value is -1.40. The molecule has 0 aromatic heterocycles. The summed E-state index contributed by atoms with van der Waals surface area (Å²) in [5, 5.41) is 11.8. The lowest BCUT2D eigenvalue weighted by atomic mass is 10.1. The highest BCUT2D eigenvalue weighted by molar-refractivity contribution is 9.10. The Morgan fingerprint density at radius 2 is 2.16 bits per heavy atom. The number of carboxylic acids is 1. The van der Waals surface area contributed by atoms with Crippen LogP contribution in [0.3, 0.4) is 0 Å². The monoisotopic (exact) mass is 326 g/mol. The van der Waals surface area contributed by atoms with Crippen molar-refractivity contribution >= 4 is 27.8 Å². The molecule has 5 nitrogen and oxygen atoms in total. The van der Waals surface area contributed by atoms with Gasteiger partial charge in [0.1, 0.15) is 6.04 Å². The van der Waals surface area contributed by atoms with Gasteiger partial charge in [0.15, 0.2) is 0 Å². The van der Waals surface area contributed by atoms with E-state index in [1.807, 2.05) is 24.3 Å². The number of halogens is 1. The van der Waals surface area contributed by atoms with Gasteiger partial charge in [0.05, 0.1) is 6.42 Å². The number of hydrogen-bond donors (Lipinski definition) is 2. The highest BCUT2D eigenvalue weighted by Crippen LogP contribution is 2.17. The zero-order valence-electron chi connectivity index (χ0n) is 10.3. The molecule has 0 saturated carbocycles. The summed E-state index contributed by atoms with van der Waals surface area (Å²) in [6, 6.07) is 6.88. The van der Waals surface area contributed by atoms with E-state index >= 15 is 0 Å².